The zero-order chi connectivity index (χ0) is 8.39. The minimum absolute atomic E-state index is 0.621. The highest BCUT2D eigenvalue weighted by Gasteiger charge is 2.00. The number of aromatic nitrogens is 3. The van der Waals surface area contributed by atoms with Crippen LogP contribution in [0.15, 0.2) is 37.1 Å². The average molecular weight is 180 g/mol. The van der Waals surface area contributed by atoms with Crippen LogP contribution in [-0.4, -0.2) is 14.5 Å². The summed E-state index contributed by atoms with van der Waals surface area (Å²) in [4.78, 5) is 8.02. The van der Waals surface area contributed by atoms with Crippen LogP contribution in [0.4, 0.5) is 0 Å². The van der Waals surface area contributed by atoms with Gasteiger partial charge in [0.05, 0.1) is 5.02 Å². The summed E-state index contributed by atoms with van der Waals surface area (Å²) in [5, 5.41) is 0.621. The number of halogens is 1. The van der Waals surface area contributed by atoms with Crippen LogP contribution in [0.25, 0.3) is 5.82 Å². The highest BCUT2D eigenvalue weighted by molar-refractivity contribution is 6.32. The highest BCUT2D eigenvalue weighted by Crippen LogP contribution is 2.15. The standard InChI is InChI=1S/C8H6ClN3/c9-7-2-1-3-11-8(7)12-5-4-10-6-12/h1-6H. The van der Waals surface area contributed by atoms with Gasteiger partial charge in [-0.25, -0.2) is 9.97 Å². The fourth-order valence-electron chi connectivity index (χ4n) is 0.952. The molecule has 12 heavy (non-hydrogen) atoms. The summed E-state index contributed by atoms with van der Waals surface area (Å²) >= 11 is 5.90. The molecule has 2 heterocycles. The van der Waals surface area contributed by atoms with Crippen molar-refractivity contribution in [2.45, 2.75) is 0 Å². The SMILES string of the molecule is Clc1cccnc1-n1ccnc1. The van der Waals surface area contributed by atoms with Crippen molar-refractivity contribution in [2.75, 3.05) is 0 Å². The maximum Gasteiger partial charge on any atom is 0.156 e. The van der Waals surface area contributed by atoms with E-state index in [1.807, 2.05) is 0 Å². The Hall–Kier alpha value is -1.35. The molecule has 60 valence electrons. The Morgan fingerprint density at radius 1 is 1.33 bits per heavy atom. The molecule has 2 aromatic rings. The summed E-state index contributed by atoms with van der Waals surface area (Å²) in [6, 6.07) is 3.59. The van der Waals surface area contributed by atoms with Gasteiger partial charge in [-0.05, 0) is 12.1 Å². The van der Waals surface area contributed by atoms with Crippen LogP contribution in [0.3, 0.4) is 0 Å². The van der Waals surface area contributed by atoms with Gasteiger partial charge in [0.25, 0.3) is 0 Å². The number of hydrogen-bond donors (Lipinski definition) is 0. The minimum atomic E-state index is 0.621. The van der Waals surface area contributed by atoms with Crippen molar-refractivity contribution in [2.24, 2.45) is 0 Å². The van der Waals surface area contributed by atoms with E-state index in [0.717, 1.165) is 0 Å². The lowest BCUT2D eigenvalue weighted by Crippen LogP contribution is -1.93. The van der Waals surface area contributed by atoms with Crippen LogP contribution < -0.4 is 0 Å². The molecule has 0 radical (unpaired) electrons. The van der Waals surface area contributed by atoms with Gasteiger partial charge in [0.1, 0.15) is 6.33 Å². The molecule has 0 bridgehead atoms. The maximum atomic E-state index is 5.90. The summed E-state index contributed by atoms with van der Waals surface area (Å²) in [6.45, 7) is 0. The molecule has 3 nitrogen and oxygen atoms in total. The van der Waals surface area contributed by atoms with Crippen LogP contribution >= 0.6 is 11.6 Å². The molecule has 0 aromatic carbocycles. The van der Waals surface area contributed by atoms with Crippen molar-refractivity contribution in [1.82, 2.24) is 14.5 Å². The quantitative estimate of drug-likeness (QED) is 0.670. The summed E-state index contributed by atoms with van der Waals surface area (Å²) in [6.07, 6.45) is 6.84. The first-order valence-corrected chi connectivity index (χ1v) is 3.84. The van der Waals surface area contributed by atoms with Gasteiger partial charge in [-0.2, -0.15) is 0 Å². The predicted octanol–water partition coefficient (Wildman–Crippen LogP) is 1.92. The third kappa shape index (κ3) is 1.19. The topological polar surface area (TPSA) is 30.7 Å². The van der Waals surface area contributed by atoms with Crippen molar-refractivity contribution in [1.29, 1.82) is 0 Å². The van der Waals surface area contributed by atoms with E-state index in [4.69, 9.17) is 11.6 Å². The van der Waals surface area contributed by atoms with E-state index in [1.165, 1.54) is 0 Å². The summed E-state index contributed by atoms with van der Waals surface area (Å²) < 4.78 is 1.77. The van der Waals surface area contributed by atoms with Crippen LogP contribution in [0.5, 0.6) is 0 Å². The molecule has 0 N–H and O–H groups in total. The molecule has 0 saturated heterocycles. The van der Waals surface area contributed by atoms with Gasteiger partial charge >= 0.3 is 0 Å². The second-order valence-electron chi connectivity index (χ2n) is 2.28. The van der Waals surface area contributed by atoms with Crippen molar-refractivity contribution >= 4 is 11.6 Å². The first-order valence-electron chi connectivity index (χ1n) is 3.47. The Morgan fingerprint density at radius 3 is 2.92 bits per heavy atom. The van der Waals surface area contributed by atoms with E-state index in [0.29, 0.717) is 10.8 Å². The maximum absolute atomic E-state index is 5.90. The molecule has 0 fully saturated rings. The molecule has 0 aliphatic rings. The number of pyridine rings is 1. The number of hydrogen-bond acceptors (Lipinski definition) is 2. The summed E-state index contributed by atoms with van der Waals surface area (Å²) in [5.74, 6) is 0.705. The lowest BCUT2D eigenvalue weighted by molar-refractivity contribution is 0.993. The monoisotopic (exact) mass is 179 g/mol. The van der Waals surface area contributed by atoms with Gasteiger partial charge in [0.15, 0.2) is 5.82 Å². The molecular weight excluding hydrogens is 174 g/mol. The Morgan fingerprint density at radius 2 is 2.25 bits per heavy atom. The first-order chi connectivity index (χ1) is 5.88. The van der Waals surface area contributed by atoms with Gasteiger partial charge in [-0.15, -0.1) is 0 Å². The third-order valence-corrected chi connectivity index (χ3v) is 1.78. The van der Waals surface area contributed by atoms with Crippen LogP contribution in [0.2, 0.25) is 5.02 Å². The molecule has 2 rings (SSSR count). The lowest BCUT2D eigenvalue weighted by atomic mass is 10.4. The molecule has 0 aliphatic heterocycles. The van der Waals surface area contributed by atoms with Gasteiger partial charge in [-0.3, -0.25) is 4.57 Å². The average Bonchev–Trinajstić information content (AvgIpc) is 2.57. The summed E-state index contributed by atoms with van der Waals surface area (Å²) in [7, 11) is 0. The van der Waals surface area contributed by atoms with Gasteiger partial charge in [0.2, 0.25) is 0 Å². The summed E-state index contributed by atoms with van der Waals surface area (Å²) in [5.41, 5.74) is 0. The minimum Gasteiger partial charge on any atom is -0.289 e. The Bertz CT molecular complexity index is 370. The fourth-order valence-corrected chi connectivity index (χ4v) is 1.17. The zero-order valence-electron chi connectivity index (χ0n) is 6.18. The van der Waals surface area contributed by atoms with Gasteiger partial charge in [-0.1, -0.05) is 11.6 Å². The van der Waals surface area contributed by atoms with Crippen molar-refractivity contribution in [3.05, 3.63) is 42.1 Å². The molecule has 0 unspecified atom stereocenters. The van der Waals surface area contributed by atoms with Crippen LogP contribution in [-0.2, 0) is 0 Å². The van der Waals surface area contributed by atoms with E-state index in [1.54, 1.807) is 41.6 Å². The van der Waals surface area contributed by atoms with Crippen LogP contribution in [0.1, 0.15) is 0 Å². The van der Waals surface area contributed by atoms with E-state index in [-0.39, 0.29) is 0 Å². The van der Waals surface area contributed by atoms with Crippen molar-refractivity contribution < 1.29 is 0 Å². The first kappa shape index (κ1) is 7.31. The van der Waals surface area contributed by atoms with E-state index < -0.39 is 0 Å². The fraction of sp³-hybridized carbons (Fsp3) is 0. The van der Waals surface area contributed by atoms with E-state index in [9.17, 15) is 0 Å². The molecular formula is C8H6ClN3. The second-order valence-corrected chi connectivity index (χ2v) is 2.69. The lowest BCUT2D eigenvalue weighted by Gasteiger charge is -2.01. The molecule has 0 aliphatic carbocycles. The number of nitrogens with zero attached hydrogens (tertiary/aromatic N) is 3. The molecule has 2 aromatic heterocycles. The highest BCUT2D eigenvalue weighted by atomic mass is 35.5. The Kier molecular flexibility index (Phi) is 1.80. The van der Waals surface area contributed by atoms with E-state index >= 15 is 0 Å². The Balaban J connectivity index is 2.55. The molecule has 0 amide bonds. The number of rotatable bonds is 1. The van der Waals surface area contributed by atoms with Crippen molar-refractivity contribution in [3.8, 4) is 5.82 Å². The predicted molar refractivity (Wildman–Crippen MR) is 46.4 cm³/mol. The molecule has 0 saturated carbocycles. The van der Waals surface area contributed by atoms with E-state index in [2.05, 4.69) is 9.97 Å². The second kappa shape index (κ2) is 2.95. The normalized spacial score (nSPS) is 10.1. The van der Waals surface area contributed by atoms with Gasteiger partial charge < -0.3 is 0 Å². The Labute approximate surface area is 74.7 Å². The zero-order valence-corrected chi connectivity index (χ0v) is 6.94. The van der Waals surface area contributed by atoms with Crippen LogP contribution in [0, 0.1) is 0 Å². The number of imidazole rings is 1. The molecule has 0 atom stereocenters. The van der Waals surface area contributed by atoms with Crippen molar-refractivity contribution in [3.63, 3.8) is 0 Å². The molecule has 0 spiro atoms. The smallest absolute Gasteiger partial charge is 0.156 e. The molecule has 4 heteroatoms. The van der Waals surface area contributed by atoms with Gasteiger partial charge in [0, 0.05) is 18.6 Å². The largest absolute Gasteiger partial charge is 0.289 e. The third-order valence-electron chi connectivity index (χ3n) is 1.49.